The number of esters is 1. The Bertz CT molecular complexity index is 593. The number of hydrogen-bond donors (Lipinski definition) is 2. The first kappa shape index (κ1) is 17.3. The van der Waals surface area contributed by atoms with Gasteiger partial charge in [0.05, 0.1) is 20.3 Å². The monoisotopic (exact) mass is 320 g/mol. The fourth-order valence-corrected chi connectivity index (χ4v) is 2.50. The quantitative estimate of drug-likeness (QED) is 0.801. The van der Waals surface area contributed by atoms with E-state index >= 15 is 0 Å². The van der Waals surface area contributed by atoms with Crippen molar-refractivity contribution in [1.82, 2.24) is 10.6 Å². The van der Waals surface area contributed by atoms with Crippen LogP contribution in [-0.4, -0.2) is 37.7 Å². The molecule has 1 atom stereocenters. The van der Waals surface area contributed by atoms with Crippen LogP contribution in [0.25, 0.3) is 0 Å². The minimum Gasteiger partial charge on any atom is -0.493 e. The van der Waals surface area contributed by atoms with Gasteiger partial charge in [0.2, 0.25) is 5.91 Å². The minimum absolute atomic E-state index is 0.0324. The zero-order valence-corrected chi connectivity index (χ0v) is 14.1. The van der Waals surface area contributed by atoms with Crippen LogP contribution in [-0.2, 0) is 20.7 Å². The maximum Gasteiger partial charge on any atom is 0.327 e. The number of fused-ring (bicyclic) bond motifs is 1. The van der Waals surface area contributed by atoms with Crippen LogP contribution in [0.5, 0.6) is 5.75 Å². The van der Waals surface area contributed by atoms with Crippen molar-refractivity contribution in [3.8, 4) is 5.75 Å². The Morgan fingerprint density at radius 3 is 2.74 bits per heavy atom. The average Bonchev–Trinajstić information content (AvgIpc) is 2.92. The van der Waals surface area contributed by atoms with Gasteiger partial charge in [-0.25, -0.2) is 4.79 Å². The van der Waals surface area contributed by atoms with E-state index in [9.17, 15) is 9.59 Å². The van der Waals surface area contributed by atoms with Gasteiger partial charge in [-0.1, -0.05) is 6.07 Å². The van der Waals surface area contributed by atoms with Crippen LogP contribution in [0.1, 0.15) is 37.9 Å². The van der Waals surface area contributed by atoms with E-state index in [0.717, 1.165) is 23.3 Å². The van der Waals surface area contributed by atoms with E-state index in [1.807, 2.05) is 39.0 Å². The van der Waals surface area contributed by atoms with E-state index in [4.69, 9.17) is 9.47 Å². The molecule has 0 aliphatic carbocycles. The molecule has 6 heteroatoms. The molecule has 0 bridgehead atoms. The molecular weight excluding hydrogens is 296 g/mol. The van der Waals surface area contributed by atoms with Gasteiger partial charge in [0.15, 0.2) is 0 Å². The summed E-state index contributed by atoms with van der Waals surface area (Å²) in [4.78, 5) is 24.0. The predicted octanol–water partition coefficient (Wildman–Crippen LogP) is 1.34. The van der Waals surface area contributed by atoms with Gasteiger partial charge in [-0.05, 0) is 44.0 Å². The highest BCUT2D eigenvalue weighted by molar-refractivity contribution is 5.81. The largest absolute Gasteiger partial charge is 0.493 e. The smallest absolute Gasteiger partial charge is 0.327 e. The normalized spacial score (nSPS) is 14.6. The first-order chi connectivity index (χ1) is 10.8. The Balaban J connectivity index is 2.09. The number of carbonyl (C=O) groups is 2. The highest BCUT2D eigenvalue weighted by Crippen LogP contribution is 2.28. The van der Waals surface area contributed by atoms with Crippen molar-refractivity contribution in [2.24, 2.45) is 0 Å². The van der Waals surface area contributed by atoms with Crippen molar-refractivity contribution in [1.29, 1.82) is 0 Å². The van der Waals surface area contributed by atoms with E-state index in [-0.39, 0.29) is 18.0 Å². The topological polar surface area (TPSA) is 76.7 Å². The van der Waals surface area contributed by atoms with E-state index in [0.29, 0.717) is 6.61 Å². The maximum absolute atomic E-state index is 12.1. The molecule has 0 saturated heterocycles. The zero-order chi connectivity index (χ0) is 17.0. The van der Waals surface area contributed by atoms with Crippen LogP contribution in [0.3, 0.4) is 0 Å². The van der Waals surface area contributed by atoms with Gasteiger partial charge in [-0.3, -0.25) is 10.1 Å². The Kier molecular flexibility index (Phi) is 5.26. The molecule has 1 heterocycles. The summed E-state index contributed by atoms with van der Waals surface area (Å²) < 4.78 is 10.3. The third-order valence-electron chi connectivity index (χ3n) is 3.46. The fraction of sp³-hybridized carbons (Fsp3) is 0.529. The summed E-state index contributed by atoms with van der Waals surface area (Å²) >= 11 is 0. The zero-order valence-electron chi connectivity index (χ0n) is 14.1. The predicted molar refractivity (Wildman–Crippen MR) is 86.3 cm³/mol. The Hall–Kier alpha value is -2.08. The van der Waals surface area contributed by atoms with Crippen LogP contribution >= 0.6 is 0 Å². The van der Waals surface area contributed by atoms with E-state index in [1.165, 1.54) is 7.11 Å². The summed E-state index contributed by atoms with van der Waals surface area (Å²) in [6.07, 6.45) is 0.821. The number of nitrogens with one attached hydrogen (secondary N) is 2. The van der Waals surface area contributed by atoms with Crippen molar-refractivity contribution < 1.29 is 19.1 Å². The summed E-state index contributed by atoms with van der Waals surface area (Å²) in [6.45, 7) is 6.41. The fourth-order valence-electron chi connectivity index (χ4n) is 2.50. The molecule has 1 aliphatic rings. The van der Waals surface area contributed by atoms with Crippen molar-refractivity contribution in [3.05, 3.63) is 29.3 Å². The Morgan fingerprint density at radius 1 is 1.35 bits per heavy atom. The van der Waals surface area contributed by atoms with Crippen LogP contribution in [0.4, 0.5) is 0 Å². The summed E-state index contributed by atoms with van der Waals surface area (Å²) in [5.74, 6) is 0.256. The van der Waals surface area contributed by atoms with Gasteiger partial charge < -0.3 is 14.8 Å². The molecule has 0 aromatic heterocycles. The van der Waals surface area contributed by atoms with Crippen molar-refractivity contribution >= 4 is 11.9 Å². The first-order valence-corrected chi connectivity index (χ1v) is 7.68. The lowest BCUT2D eigenvalue weighted by atomic mass is 10.0. The number of benzene rings is 1. The molecular formula is C17H24N2O4. The molecule has 0 radical (unpaired) electrons. The SMILES string of the molecule is COC(=O)C(NCC(=O)NC(C)(C)C)c1ccc2c(c1)CCO2. The summed E-state index contributed by atoms with van der Waals surface area (Å²) in [5, 5.41) is 5.82. The number of rotatable bonds is 5. The van der Waals surface area contributed by atoms with E-state index in [1.54, 1.807) is 0 Å². The van der Waals surface area contributed by atoms with Crippen LogP contribution < -0.4 is 15.4 Å². The van der Waals surface area contributed by atoms with Crippen LogP contribution in [0.15, 0.2) is 18.2 Å². The second-order valence-corrected chi connectivity index (χ2v) is 6.60. The second-order valence-electron chi connectivity index (χ2n) is 6.60. The molecule has 0 saturated carbocycles. The van der Waals surface area contributed by atoms with E-state index < -0.39 is 12.0 Å². The summed E-state index contributed by atoms with van der Waals surface area (Å²) in [7, 11) is 1.34. The second kappa shape index (κ2) is 7.00. The molecule has 2 N–H and O–H groups in total. The number of carbonyl (C=O) groups excluding carboxylic acids is 2. The molecule has 2 rings (SSSR count). The lowest BCUT2D eigenvalue weighted by molar-refractivity contribution is -0.143. The maximum atomic E-state index is 12.1. The van der Waals surface area contributed by atoms with Gasteiger partial charge in [-0.2, -0.15) is 0 Å². The highest BCUT2D eigenvalue weighted by atomic mass is 16.5. The third-order valence-corrected chi connectivity index (χ3v) is 3.46. The average molecular weight is 320 g/mol. The molecule has 1 aromatic carbocycles. The van der Waals surface area contributed by atoms with Gasteiger partial charge in [0.25, 0.3) is 0 Å². The van der Waals surface area contributed by atoms with Gasteiger partial charge in [0, 0.05) is 12.0 Å². The van der Waals surface area contributed by atoms with Crippen molar-refractivity contribution in [3.63, 3.8) is 0 Å². The van der Waals surface area contributed by atoms with E-state index in [2.05, 4.69) is 10.6 Å². The van der Waals surface area contributed by atoms with Crippen LogP contribution in [0, 0.1) is 0 Å². The summed E-state index contributed by atoms with van der Waals surface area (Å²) in [6, 6.07) is 4.92. The van der Waals surface area contributed by atoms with Crippen LogP contribution in [0.2, 0.25) is 0 Å². The molecule has 1 amide bonds. The molecule has 6 nitrogen and oxygen atoms in total. The number of amides is 1. The highest BCUT2D eigenvalue weighted by Gasteiger charge is 2.24. The Morgan fingerprint density at radius 2 is 2.09 bits per heavy atom. The first-order valence-electron chi connectivity index (χ1n) is 7.68. The standard InChI is InChI=1S/C17H24N2O4/c1-17(2,3)19-14(20)10-18-15(16(21)22-4)12-5-6-13-11(9-12)7-8-23-13/h5-6,9,15,18H,7-8,10H2,1-4H3,(H,19,20). The Labute approximate surface area is 136 Å². The molecule has 1 aromatic rings. The molecule has 0 fully saturated rings. The minimum atomic E-state index is -0.684. The molecule has 1 aliphatic heterocycles. The number of methoxy groups -OCH3 is 1. The number of hydrogen-bond acceptors (Lipinski definition) is 5. The van der Waals surface area contributed by atoms with Gasteiger partial charge >= 0.3 is 5.97 Å². The molecule has 126 valence electrons. The lowest BCUT2D eigenvalue weighted by Crippen LogP contribution is -2.46. The lowest BCUT2D eigenvalue weighted by Gasteiger charge is -2.22. The van der Waals surface area contributed by atoms with Crippen molar-refractivity contribution in [2.45, 2.75) is 38.8 Å². The van der Waals surface area contributed by atoms with Gasteiger partial charge in [0.1, 0.15) is 11.8 Å². The molecule has 23 heavy (non-hydrogen) atoms. The molecule has 1 unspecified atom stereocenters. The third kappa shape index (κ3) is 4.69. The summed E-state index contributed by atoms with van der Waals surface area (Å²) in [5.41, 5.74) is 1.52. The van der Waals surface area contributed by atoms with Gasteiger partial charge in [-0.15, -0.1) is 0 Å². The number of ether oxygens (including phenoxy) is 2. The van der Waals surface area contributed by atoms with Crippen molar-refractivity contribution in [2.75, 3.05) is 20.3 Å². The molecule has 0 spiro atoms.